The number of nitrogens with zero attached hydrogens (tertiary/aromatic N) is 2. The van der Waals surface area contributed by atoms with E-state index in [2.05, 4.69) is 10.2 Å². The van der Waals surface area contributed by atoms with Crippen molar-refractivity contribution >= 4 is 23.6 Å². The standard InChI is InChI=1S/C21H25N3O4/c1-2-9-23-10-7-13(8-11-23)14-3-4-15-16(12-14)21(28)24(20(15)27)17-5-6-18(25)22-19(17)26/h3-4,12-13,17H,2,5-11H2,1H3,(H,22,25,26)/i1T. The molecule has 4 rings (SSSR count). The van der Waals surface area contributed by atoms with Crippen LogP contribution in [0.5, 0.6) is 0 Å². The van der Waals surface area contributed by atoms with Crippen LogP contribution in [0.2, 0.25) is 0 Å². The summed E-state index contributed by atoms with van der Waals surface area (Å²) in [6, 6.07) is 4.50. The molecular weight excluding hydrogens is 358 g/mol. The fraction of sp³-hybridized carbons (Fsp3) is 0.524. The molecule has 3 aliphatic heterocycles. The molecule has 7 nitrogen and oxygen atoms in total. The fourth-order valence-electron chi connectivity index (χ4n) is 4.46. The normalized spacial score (nSPS) is 24.4. The average Bonchev–Trinajstić information content (AvgIpc) is 2.97. The van der Waals surface area contributed by atoms with E-state index in [-0.39, 0.29) is 18.7 Å². The first kappa shape index (κ1) is 17.6. The van der Waals surface area contributed by atoms with Crippen molar-refractivity contribution in [2.24, 2.45) is 0 Å². The maximum absolute atomic E-state index is 13.0. The van der Waals surface area contributed by atoms with E-state index < -0.39 is 23.8 Å². The summed E-state index contributed by atoms with van der Waals surface area (Å²) in [7, 11) is 0. The van der Waals surface area contributed by atoms with Crippen molar-refractivity contribution in [3.63, 3.8) is 0 Å². The highest BCUT2D eigenvalue weighted by Crippen LogP contribution is 2.33. The Morgan fingerprint density at radius 3 is 2.54 bits per heavy atom. The van der Waals surface area contributed by atoms with Gasteiger partial charge in [-0.15, -0.1) is 0 Å². The molecule has 3 aliphatic rings. The van der Waals surface area contributed by atoms with Gasteiger partial charge in [0.15, 0.2) is 0 Å². The van der Waals surface area contributed by atoms with Crippen molar-refractivity contribution in [2.45, 2.75) is 51.0 Å². The zero-order valence-electron chi connectivity index (χ0n) is 16.8. The summed E-state index contributed by atoms with van der Waals surface area (Å²) in [4.78, 5) is 52.7. The Balaban J connectivity index is 1.49. The molecule has 0 bridgehead atoms. The number of carbonyl (C=O) groups excluding carboxylic acids is 4. The molecule has 28 heavy (non-hydrogen) atoms. The Labute approximate surface area is 165 Å². The molecule has 4 amide bonds. The highest BCUT2D eigenvalue weighted by molar-refractivity contribution is 6.23. The SMILES string of the molecule is [3H]CCCN1CCC(c2ccc3c(c2)C(=O)N(C2CCC(=O)NC2=O)C3=O)CC1. The van der Waals surface area contributed by atoms with Gasteiger partial charge in [-0.2, -0.15) is 0 Å². The number of imide groups is 2. The highest BCUT2D eigenvalue weighted by Gasteiger charge is 2.44. The van der Waals surface area contributed by atoms with Crippen LogP contribution in [-0.2, 0) is 9.59 Å². The molecule has 0 saturated carbocycles. The highest BCUT2D eigenvalue weighted by atomic mass is 16.2. The third-order valence-corrected chi connectivity index (χ3v) is 6.00. The van der Waals surface area contributed by atoms with Crippen LogP contribution in [0.15, 0.2) is 18.2 Å². The van der Waals surface area contributed by atoms with Gasteiger partial charge in [-0.1, -0.05) is 13.0 Å². The van der Waals surface area contributed by atoms with Gasteiger partial charge in [0.1, 0.15) is 6.04 Å². The molecule has 1 unspecified atom stereocenters. The summed E-state index contributed by atoms with van der Waals surface area (Å²) in [6.07, 6.45) is 3.13. The Morgan fingerprint density at radius 2 is 1.82 bits per heavy atom. The zero-order valence-corrected chi connectivity index (χ0v) is 15.8. The van der Waals surface area contributed by atoms with Crippen LogP contribution in [0.3, 0.4) is 0 Å². The Bertz CT molecular complexity index is 863. The summed E-state index contributed by atoms with van der Waals surface area (Å²) in [5.74, 6) is -1.54. The summed E-state index contributed by atoms with van der Waals surface area (Å²) in [5.41, 5.74) is 1.74. The van der Waals surface area contributed by atoms with Gasteiger partial charge in [-0.25, -0.2) is 0 Å². The molecule has 0 aliphatic carbocycles. The molecule has 1 aromatic carbocycles. The van der Waals surface area contributed by atoms with E-state index in [4.69, 9.17) is 1.37 Å². The molecule has 0 aromatic heterocycles. The van der Waals surface area contributed by atoms with Gasteiger partial charge in [-0.3, -0.25) is 29.4 Å². The Morgan fingerprint density at radius 1 is 1.07 bits per heavy atom. The minimum atomic E-state index is -0.927. The number of amides is 4. The second kappa shape index (κ2) is 7.47. The summed E-state index contributed by atoms with van der Waals surface area (Å²) in [6.45, 7) is 3.34. The smallest absolute Gasteiger partial charge is 0.262 e. The van der Waals surface area contributed by atoms with E-state index in [1.165, 1.54) is 0 Å². The molecule has 0 spiro atoms. The van der Waals surface area contributed by atoms with E-state index >= 15 is 0 Å². The maximum Gasteiger partial charge on any atom is 0.262 e. The number of carbonyl (C=O) groups is 4. The number of nitrogens with one attached hydrogen (secondary N) is 1. The number of fused-ring (bicyclic) bond motifs is 1. The van der Waals surface area contributed by atoms with Crippen molar-refractivity contribution < 1.29 is 20.5 Å². The number of rotatable bonds is 4. The van der Waals surface area contributed by atoms with Crippen molar-refractivity contribution in [1.82, 2.24) is 15.1 Å². The fourth-order valence-corrected chi connectivity index (χ4v) is 4.46. The maximum atomic E-state index is 13.0. The van der Waals surface area contributed by atoms with Crippen LogP contribution in [0.4, 0.5) is 0 Å². The van der Waals surface area contributed by atoms with E-state index in [0.717, 1.165) is 49.4 Å². The largest absolute Gasteiger partial charge is 0.303 e. The minimum Gasteiger partial charge on any atom is -0.303 e. The summed E-state index contributed by atoms with van der Waals surface area (Å²) < 4.78 is 7.28. The first-order valence-corrected chi connectivity index (χ1v) is 9.86. The monoisotopic (exact) mass is 385 g/mol. The van der Waals surface area contributed by atoms with E-state index in [0.29, 0.717) is 23.9 Å². The first-order chi connectivity index (χ1) is 14.0. The van der Waals surface area contributed by atoms with Crippen LogP contribution >= 0.6 is 0 Å². The van der Waals surface area contributed by atoms with Gasteiger partial charge >= 0.3 is 0 Å². The lowest BCUT2D eigenvalue weighted by Gasteiger charge is -2.32. The number of piperidine rings is 2. The third kappa shape index (κ3) is 3.24. The summed E-state index contributed by atoms with van der Waals surface area (Å²) in [5, 5.41) is 2.22. The number of hydrogen-bond donors (Lipinski definition) is 1. The van der Waals surface area contributed by atoms with Crippen LogP contribution in [0.1, 0.15) is 72.6 Å². The second-order valence-electron chi connectivity index (χ2n) is 7.72. The third-order valence-electron chi connectivity index (χ3n) is 6.00. The molecule has 2 fully saturated rings. The Hall–Kier alpha value is -2.54. The predicted molar refractivity (Wildman–Crippen MR) is 102 cm³/mol. The van der Waals surface area contributed by atoms with Crippen molar-refractivity contribution in [1.29, 1.82) is 0 Å². The quantitative estimate of drug-likeness (QED) is 0.797. The number of hydrogen-bond acceptors (Lipinski definition) is 5. The molecule has 7 heteroatoms. The molecule has 1 atom stereocenters. The molecule has 1 N–H and O–H groups in total. The van der Waals surface area contributed by atoms with Gasteiger partial charge < -0.3 is 4.90 Å². The van der Waals surface area contributed by atoms with E-state index in [1.54, 1.807) is 6.07 Å². The molecular formula is C21H25N3O4. The van der Waals surface area contributed by atoms with E-state index in [1.807, 2.05) is 12.1 Å². The predicted octanol–water partition coefficient (Wildman–Crippen LogP) is 1.68. The lowest BCUT2D eigenvalue weighted by Crippen LogP contribution is -2.54. The minimum absolute atomic E-state index is 0.119. The van der Waals surface area contributed by atoms with E-state index in [9.17, 15) is 19.2 Å². The van der Waals surface area contributed by atoms with Gasteiger partial charge in [0.05, 0.1) is 11.1 Å². The lowest BCUT2D eigenvalue weighted by atomic mass is 9.88. The molecule has 3 heterocycles. The Kier molecular flexibility index (Phi) is 4.68. The van der Waals surface area contributed by atoms with Crippen LogP contribution < -0.4 is 5.32 Å². The average molecular weight is 385 g/mol. The molecule has 148 valence electrons. The molecule has 1 aromatic rings. The van der Waals surface area contributed by atoms with Crippen molar-refractivity contribution in [3.05, 3.63) is 34.9 Å². The lowest BCUT2D eigenvalue weighted by molar-refractivity contribution is -0.136. The number of benzene rings is 1. The topological polar surface area (TPSA) is 86.8 Å². The van der Waals surface area contributed by atoms with Crippen LogP contribution in [-0.4, -0.2) is 59.1 Å². The van der Waals surface area contributed by atoms with Gasteiger partial charge in [0.25, 0.3) is 11.8 Å². The van der Waals surface area contributed by atoms with Crippen LogP contribution in [0, 0.1) is 0 Å². The van der Waals surface area contributed by atoms with Crippen molar-refractivity contribution in [3.8, 4) is 0 Å². The van der Waals surface area contributed by atoms with Gasteiger partial charge in [-0.05, 0) is 68.9 Å². The zero-order chi connectivity index (χ0) is 20.5. The summed E-state index contributed by atoms with van der Waals surface area (Å²) >= 11 is 0. The number of likely N-dealkylation sites (tertiary alicyclic amines) is 1. The van der Waals surface area contributed by atoms with Crippen LogP contribution in [0.25, 0.3) is 0 Å². The van der Waals surface area contributed by atoms with Gasteiger partial charge in [0, 0.05) is 7.79 Å². The van der Waals surface area contributed by atoms with Crippen molar-refractivity contribution in [2.75, 3.05) is 19.6 Å². The van der Waals surface area contributed by atoms with Gasteiger partial charge in [0.2, 0.25) is 11.8 Å². The second-order valence-corrected chi connectivity index (χ2v) is 7.72. The molecule has 2 saturated heterocycles. The first-order valence-electron chi connectivity index (χ1n) is 10.6. The molecule has 0 radical (unpaired) electrons.